The van der Waals surface area contributed by atoms with E-state index in [1.807, 2.05) is 0 Å². The summed E-state index contributed by atoms with van der Waals surface area (Å²) >= 11 is 7.24. The number of unbranched alkanes of at least 4 members (excludes halogenated alkanes) is 4. The molecule has 0 amide bonds. The summed E-state index contributed by atoms with van der Waals surface area (Å²) in [5.41, 5.74) is 9.36. The lowest BCUT2D eigenvalue weighted by atomic mass is 9.79. The fourth-order valence-corrected chi connectivity index (χ4v) is 9.50. The minimum atomic E-state index is -0.737. The normalized spacial score (nSPS) is 18.7. The Kier molecular flexibility index (Phi) is 11.4. The number of carboxylic acid groups (broad SMARTS) is 2. The molecule has 2 aliphatic heterocycles. The zero-order valence-electron chi connectivity index (χ0n) is 33.2. The van der Waals surface area contributed by atoms with Crippen molar-refractivity contribution in [2.45, 2.75) is 103 Å². The maximum Gasteiger partial charge on any atom is 0.303 e. The standard InChI is InChI=1S/C49H53ClN2O4/c1-48(2)39-31-36-16-9-10-17-37(36)32-41(39)52(30-14-6-8-20-45(55)56)42(48)27-24-34-21-22-35(47(34)50)25-28-43-49(3,4)46-38-18-12-11-15-33(38)23-26-40(46)51(43)29-13-5-7-19-44(53)54/h9-12,15-18,23-28,31-32H,5-8,13-14,19-22,29-30H2,1-4H3,(H-,53,54,55,56)/p+1. The number of anilines is 1. The van der Waals surface area contributed by atoms with Crippen LogP contribution in [0.4, 0.5) is 11.4 Å². The molecule has 4 aromatic rings. The summed E-state index contributed by atoms with van der Waals surface area (Å²) in [6.45, 7) is 10.9. The van der Waals surface area contributed by atoms with E-state index in [0.717, 1.165) is 67.8 Å². The summed E-state index contributed by atoms with van der Waals surface area (Å²) in [5.74, 6) is -1.47. The second-order valence-electron chi connectivity index (χ2n) is 16.7. The van der Waals surface area contributed by atoms with Gasteiger partial charge in [0.1, 0.15) is 6.54 Å². The third-order valence-electron chi connectivity index (χ3n) is 12.2. The lowest BCUT2D eigenvalue weighted by Crippen LogP contribution is -2.28. The van der Waals surface area contributed by atoms with Crippen LogP contribution in [0.1, 0.15) is 103 Å². The maximum atomic E-state index is 11.2. The molecule has 7 heteroatoms. The fraction of sp³-hybridized carbons (Fsp3) is 0.367. The molecule has 56 heavy (non-hydrogen) atoms. The fourth-order valence-electron chi connectivity index (χ4n) is 9.19. The van der Waals surface area contributed by atoms with Crippen molar-refractivity contribution in [1.29, 1.82) is 0 Å². The predicted octanol–water partition coefficient (Wildman–Crippen LogP) is 12.1. The smallest absolute Gasteiger partial charge is 0.303 e. The highest BCUT2D eigenvalue weighted by Gasteiger charge is 2.45. The Bertz CT molecular complexity index is 2360. The summed E-state index contributed by atoms with van der Waals surface area (Å²) in [5, 5.41) is 24.1. The second-order valence-corrected chi connectivity index (χ2v) is 17.0. The molecule has 0 radical (unpaired) electrons. The van der Waals surface area contributed by atoms with E-state index in [-0.39, 0.29) is 23.7 Å². The van der Waals surface area contributed by atoms with Gasteiger partial charge in [-0.1, -0.05) is 92.6 Å². The van der Waals surface area contributed by atoms with E-state index in [1.165, 1.54) is 55.5 Å². The Balaban J connectivity index is 1.19. The van der Waals surface area contributed by atoms with Crippen molar-refractivity contribution >= 4 is 62.2 Å². The Morgan fingerprint density at radius 1 is 0.750 bits per heavy atom. The Morgan fingerprint density at radius 2 is 1.41 bits per heavy atom. The van der Waals surface area contributed by atoms with Crippen LogP contribution in [-0.4, -0.2) is 45.5 Å². The van der Waals surface area contributed by atoms with E-state index in [1.54, 1.807) is 0 Å². The maximum absolute atomic E-state index is 11.2. The quantitative estimate of drug-likeness (QED) is 0.0929. The van der Waals surface area contributed by atoms with Crippen molar-refractivity contribution in [3.05, 3.63) is 130 Å². The van der Waals surface area contributed by atoms with Gasteiger partial charge in [-0.15, -0.1) is 0 Å². The average molecular weight is 770 g/mol. The van der Waals surface area contributed by atoms with Gasteiger partial charge in [0.2, 0.25) is 5.69 Å². The monoisotopic (exact) mass is 769 g/mol. The minimum Gasteiger partial charge on any atom is -0.481 e. The van der Waals surface area contributed by atoms with E-state index in [0.29, 0.717) is 12.8 Å². The van der Waals surface area contributed by atoms with Crippen LogP contribution in [-0.2, 0) is 20.4 Å². The van der Waals surface area contributed by atoms with Crippen molar-refractivity contribution < 1.29 is 24.4 Å². The van der Waals surface area contributed by atoms with Gasteiger partial charge in [0.25, 0.3) is 0 Å². The molecule has 0 atom stereocenters. The molecule has 7 rings (SSSR count). The summed E-state index contributed by atoms with van der Waals surface area (Å²) in [6, 6.07) is 26.2. The van der Waals surface area contributed by atoms with Gasteiger partial charge in [-0.25, -0.2) is 0 Å². The van der Waals surface area contributed by atoms with Crippen LogP contribution in [0.3, 0.4) is 0 Å². The van der Waals surface area contributed by atoms with E-state index in [2.05, 4.69) is 134 Å². The van der Waals surface area contributed by atoms with Gasteiger partial charge in [0, 0.05) is 65.3 Å². The van der Waals surface area contributed by atoms with Crippen LogP contribution in [0, 0.1) is 0 Å². The number of hydrogen-bond acceptors (Lipinski definition) is 3. The molecule has 290 valence electrons. The third-order valence-corrected chi connectivity index (χ3v) is 12.7. The van der Waals surface area contributed by atoms with Crippen LogP contribution in [0.15, 0.2) is 119 Å². The Hall–Kier alpha value is -4.94. The van der Waals surface area contributed by atoms with Crippen molar-refractivity contribution in [2.75, 3.05) is 18.0 Å². The minimum absolute atomic E-state index is 0.205. The van der Waals surface area contributed by atoms with Crippen molar-refractivity contribution in [2.24, 2.45) is 0 Å². The summed E-state index contributed by atoms with van der Waals surface area (Å²) < 4.78 is 2.45. The first-order valence-corrected chi connectivity index (χ1v) is 20.7. The van der Waals surface area contributed by atoms with Gasteiger partial charge in [-0.05, 0) is 115 Å². The van der Waals surface area contributed by atoms with E-state index in [9.17, 15) is 19.8 Å². The van der Waals surface area contributed by atoms with Gasteiger partial charge < -0.3 is 15.1 Å². The van der Waals surface area contributed by atoms with Crippen molar-refractivity contribution in [3.8, 4) is 0 Å². The molecule has 0 spiro atoms. The number of halogens is 1. The lowest BCUT2D eigenvalue weighted by molar-refractivity contribution is -0.438. The number of rotatable bonds is 15. The van der Waals surface area contributed by atoms with Gasteiger partial charge in [0.15, 0.2) is 5.71 Å². The number of fused-ring (bicyclic) bond motifs is 5. The number of aliphatic carboxylic acids is 2. The zero-order chi connectivity index (χ0) is 39.6. The van der Waals surface area contributed by atoms with E-state index >= 15 is 0 Å². The van der Waals surface area contributed by atoms with E-state index < -0.39 is 11.9 Å². The summed E-state index contributed by atoms with van der Waals surface area (Å²) in [4.78, 5) is 24.8. The molecule has 0 aromatic heterocycles. The third kappa shape index (κ3) is 7.73. The van der Waals surface area contributed by atoms with Gasteiger partial charge in [-0.2, -0.15) is 4.58 Å². The Morgan fingerprint density at radius 3 is 2.12 bits per heavy atom. The molecular weight excluding hydrogens is 716 g/mol. The molecular formula is C49H54ClN2O4+. The summed E-state index contributed by atoms with van der Waals surface area (Å²) in [7, 11) is 0. The Labute approximate surface area is 336 Å². The first kappa shape index (κ1) is 39.3. The SMILES string of the molecule is CC1(C)C(=CC=C2CCC(C=CC3=[N+](CCCCCC(=O)O)c4ccc5ccccc5c4C3(C)C)=C2Cl)N(CCCCCC(=O)O)c2cc3ccccc3cc21. The van der Waals surface area contributed by atoms with Crippen LogP contribution in [0.5, 0.6) is 0 Å². The first-order valence-electron chi connectivity index (χ1n) is 20.3. The van der Waals surface area contributed by atoms with Gasteiger partial charge >= 0.3 is 11.9 Å². The molecule has 2 N–H and O–H groups in total. The van der Waals surface area contributed by atoms with E-state index in [4.69, 9.17) is 11.6 Å². The predicted molar refractivity (Wildman–Crippen MR) is 231 cm³/mol. The molecule has 0 saturated carbocycles. The molecule has 0 bridgehead atoms. The molecule has 3 aliphatic rings. The van der Waals surface area contributed by atoms with Crippen molar-refractivity contribution in [1.82, 2.24) is 0 Å². The highest BCUT2D eigenvalue weighted by molar-refractivity contribution is 6.33. The second kappa shape index (κ2) is 16.3. The molecule has 0 unspecified atom stereocenters. The van der Waals surface area contributed by atoms with Gasteiger partial charge in [-0.3, -0.25) is 9.59 Å². The largest absolute Gasteiger partial charge is 0.481 e. The molecule has 6 nitrogen and oxygen atoms in total. The van der Waals surface area contributed by atoms with Crippen LogP contribution in [0.25, 0.3) is 21.5 Å². The number of allylic oxidation sites excluding steroid dienone is 8. The molecule has 1 aliphatic carbocycles. The van der Waals surface area contributed by atoms with Gasteiger partial charge in [0.05, 0.1) is 5.41 Å². The molecule has 2 heterocycles. The van der Waals surface area contributed by atoms with Crippen LogP contribution < -0.4 is 4.90 Å². The molecule has 0 fully saturated rings. The topological polar surface area (TPSA) is 80.9 Å². The lowest BCUT2D eigenvalue weighted by Gasteiger charge is -2.27. The zero-order valence-corrected chi connectivity index (χ0v) is 34.0. The highest BCUT2D eigenvalue weighted by atomic mass is 35.5. The summed E-state index contributed by atoms with van der Waals surface area (Å²) in [6.07, 6.45) is 16.1. The molecule has 4 aromatic carbocycles. The number of nitrogens with zero attached hydrogens (tertiary/aromatic N) is 2. The number of benzene rings is 4. The molecule has 0 saturated heterocycles. The number of hydrogen-bond donors (Lipinski definition) is 2. The average Bonchev–Trinajstić information content (AvgIpc) is 3.70. The highest BCUT2D eigenvalue weighted by Crippen LogP contribution is 2.50. The van der Waals surface area contributed by atoms with Crippen LogP contribution in [0.2, 0.25) is 0 Å². The number of carbonyl (C=O) groups is 2. The van der Waals surface area contributed by atoms with Crippen LogP contribution >= 0.6 is 11.6 Å². The first-order chi connectivity index (χ1) is 26.9. The van der Waals surface area contributed by atoms with Crippen molar-refractivity contribution in [3.63, 3.8) is 0 Å². The number of carboxylic acids is 2.